The Kier molecular flexibility index (Phi) is 5.66. The van der Waals surface area contributed by atoms with Gasteiger partial charge in [0.2, 0.25) is 0 Å². The van der Waals surface area contributed by atoms with E-state index >= 15 is 0 Å². The molecule has 0 spiro atoms. The number of aliphatic hydroxyl groups is 1. The highest BCUT2D eigenvalue weighted by atomic mass is 79.9. The number of hydrogen-bond acceptors (Lipinski definition) is 6. The number of likely N-dealkylation sites (tertiary alicyclic amines) is 1. The van der Waals surface area contributed by atoms with Crippen molar-refractivity contribution >= 4 is 21.9 Å². The van der Waals surface area contributed by atoms with Gasteiger partial charge < -0.3 is 19.3 Å². The molecule has 1 aromatic rings. The molecule has 1 aliphatic heterocycles. The third kappa shape index (κ3) is 3.71. The monoisotopic (exact) mass is 373 g/mol. The molecule has 1 aliphatic rings. The molecule has 0 radical (unpaired) electrons. The number of esters is 1. The molecule has 1 atom stereocenters. The molecule has 1 saturated heterocycles. The van der Waals surface area contributed by atoms with Crippen molar-refractivity contribution in [2.24, 2.45) is 0 Å². The van der Waals surface area contributed by atoms with Crippen LogP contribution in [0.15, 0.2) is 16.6 Å². The second-order valence-electron chi connectivity index (χ2n) is 5.14. The lowest BCUT2D eigenvalue weighted by Gasteiger charge is -2.36. The Balaban J connectivity index is 2.32. The van der Waals surface area contributed by atoms with Crippen molar-refractivity contribution in [2.45, 2.75) is 19.1 Å². The lowest BCUT2D eigenvalue weighted by atomic mass is 10.1. The molecule has 1 heterocycles. The molecule has 122 valence electrons. The van der Waals surface area contributed by atoms with Crippen LogP contribution in [0.3, 0.4) is 0 Å². The SMILES string of the molecule is CCOC(=O)C(O)c1cc(Br)cc(OC)c1OC1CN(C)C1. The van der Waals surface area contributed by atoms with Gasteiger partial charge in [-0.25, -0.2) is 4.79 Å². The van der Waals surface area contributed by atoms with Crippen LogP contribution >= 0.6 is 15.9 Å². The van der Waals surface area contributed by atoms with Crippen LogP contribution in [0.25, 0.3) is 0 Å². The molecule has 0 bridgehead atoms. The first-order chi connectivity index (χ1) is 10.5. The molecule has 1 unspecified atom stereocenters. The molecule has 7 heteroatoms. The summed E-state index contributed by atoms with van der Waals surface area (Å²) in [5.74, 6) is 0.130. The van der Waals surface area contributed by atoms with E-state index in [9.17, 15) is 9.90 Å². The maximum absolute atomic E-state index is 11.8. The quantitative estimate of drug-likeness (QED) is 0.766. The Labute approximate surface area is 138 Å². The van der Waals surface area contributed by atoms with Gasteiger partial charge in [-0.1, -0.05) is 15.9 Å². The zero-order valence-corrected chi connectivity index (χ0v) is 14.4. The van der Waals surface area contributed by atoms with Gasteiger partial charge in [0, 0.05) is 23.1 Å². The molecule has 6 nitrogen and oxygen atoms in total. The molecule has 1 aromatic carbocycles. The number of carbonyl (C=O) groups excluding carboxylic acids is 1. The van der Waals surface area contributed by atoms with Gasteiger partial charge in [0.15, 0.2) is 17.6 Å². The van der Waals surface area contributed by atoms with Crippen molar-refractivity contribution < 1.29 is 24.1 Å². The molecule has 0 amide bonds. The zero-order chi connectivity index (χ0) is 16.3. The van der Waals surface area contributed by atoms with Crippen molar-refractivity contribution in [1.82, 2.24) is 4.90 Å². The number of nitrogens with zero attached hydrogens (tertiary/aromatic N) is 1. The van der Waals surface area contributed by atoms with Crippen molar-refractivity contribution in [3.63, 3.8) is 0 Å². The fraction of sp³-hybridized carbons (Fsp3) is 0.533. The van der Waals surface area contributed by atoms with E-state index in [0.717, 1.165) is 13.1 Å². The highest BCUT2D eigenvalue weighted by Crippen LogP contribution is 2.39. The topological polar surface area (TPSA) is 68.2 Å². The van der Waals surface area contributed by atoms with E-state index < -0.39 is 12.1 Å². The maximum atomic E-state index is 11.8. The zero-order valence-electron chi connectivity index (χ0n) is 12.8. The Hall–Kier alpha value is -1.31. The molecule has 1 N–H and O–H groups in total. The number of aliphatic hydroxyl groups excluding tert-OH is 1. The Bertz CT molecular complexity index is 545. The molecule has 0 aliphatic carbocycles. The minimum Gasteiger partial charge on any atom is -0.493 e. The van der Waals surface area contributed by atoms with E-state index in [2.05, 4.69) is 20.8 Å². The van der Waals surface area contributed by atoms with Crippen molar-refractivity contribution in [3.8, 4) is 11.5 Å². The number of methoxy groups -OCH3 is 1. The molecule has 1 fully saturated rings. The fourth-order valence-electron chi connectivity index (χ4n) is 2.30. The van der Waals surface area contributed by atoms with Crippen LogP contribution in [-0.2, 0) is 9.53 Å². The van der Waals surface area contributed by atoms with Gasteiger partial charge in [-0.2, -0.15) is 0 Å². The summed E-state index contributed by atoms with van der Waals surface area (Å²) in [5.41, 5.74) is 0.333. The van der Waals surface area contributed by atoms with Gasteiger partial charge in [-0.05, 0) is 26.1 Å². The molecular formula is C15H20BrNO5. The number of benzene rings is 1. The second-order valence-corrected chi connectivity index (χ2v) is 6.06. The first kappa shape index (κ1) is 17.1. The lowest BCUT2D eigenvalue weighted by molar-refractivity contribution is -0.153. The fourth-order valence-corrected chi connectivity index (χ4v) is 2.76. The summed E-state index contributed by atoms with van der Waals surface area (Å²) in [6.07, 6.45) is -1.41. The first-order valence-corrected chi connectivity index (χ1v) is 7.82. The van der Waals surface area contributed by atoms with E-state index in [-0.39, 0.29) is 12.7 Å². The molecular weight excluding hydrogens is 354 g/mol. The van der Waals surface area contributed by atoms with Gasteiger partial charge in [-0.3, -0.25) is 4.90 Å². The largest absolute Gasteiger partial charge is 0.493 e. The van der Waals surface area contributed by atoms with Crippen molar-refractivity contribution in [2.75, 3.05) is 33.9 Å². The smallest absolute Gasteiger partial charge is 0.339 e. The summed E-state index contributed by atoms with van der Waals surface area (Å²) < 4.78 is 16.8. The summed E-state index contributed by atoms with van der Waals surface area (Å²) in [5, 5.41) is 10.3. The van der Waals surface area contributed by atoms with Gasteiger partial charge >= 0.3 is 5.97 Å². The molecule has 22 heavy (non-hydrogen) atoms. The van der Waals surface area contributed by atoms with Crippen LogP contribution in [0.5, 0.6) is 11.5 Å². The number of rotatable bonds is 6. The van der Waals surface area contributed by atoms with E-state index in [1.807, 2.05) is 7.05 Å². The van der Waals surface area contributed by atoms with Gasteiger partial charge in [-0.15, -0.1) is 0 Å². The number of carbonyl (C=O) groups is 1. The summed E-state index contributed by atoms with van der Waals surface area (Å²) in [7, 11) is 3.51. The second kappa shape index (κ2) is 7.30. The van der Waals surface area contributed by atoms with Gasteiger partial charge in [0.1, 0.15) is 6.10 Å². The molecule has 0 aromatic heterocycles. The van der Waals surface area contributed by atoms with Crippen LogP contribution in [0.1, 0.15) is 18.6 Å². The number of hydrogen-bond donors (Lipinski definition) is 1. The average molecular weight is 374 g/mol. The maximum Gasteiger partial charge on any atom is 0.339 e. The number of halogens is 1. The summed E-state index contributed by atoms with van der Waals surface area (Å²) in [4.78, 5) is 13.9. The predicted octanol–water partition coefficient (Wildman–Crippen LogP) is 1.75. The van der Waals surface area contributed by atoms with Crippen molar-refractivity contribution in [3.05, 3.63) is 22.2 Å². The first-order valence-electron chi connectivity index (χ1n) is 7.03. The van der Waals surface area contributed by atoms with Gasteiger partial charge in [0.05, 0.1) is 13.7 Å². The predicted molar refractivity (Wildman–Crippen MR) is 84.2 cm³/mol. The number of ether oxygens (including phenoxy) is 3. The van der Waals surface area contributed by atoms with E-state index in [4.69, 9.17) is 14.2 Å². The van der Waals surface area contributed by atoms with Crippen LogP contribution in [-0.4, -0.2) is 55.9 Å². The van der Waals surface area contributed by atoms with Crippen LogP contribution in [0.4, 0.5) is 0 Å². The molecule has 2 rings (SSSR count). The number of likely N-dealkylation sites (N-methyl/N-ethyl adjacent to an activating group) is 1. The van der Waals surface area contributed by atoms with Gasteiger partial charge in [0.25, 0.3) is 0 Å². The van der Waals surface area contributed by atoms with Crippen molar-refractivity contribution in [1.29, 1.82) is 0 Å². The third-order valence-electron chi connectivity index (χ3n) is 3.39. The van der Waals surface area contributed by atoms with E-state index in [1.165, 1.54) is 7.11 Å². The standard InChI is InChI=1S/C15H20BrNO5/c1-4-21-15(19)13(18)11-5-9(16)6-12(20-3)14(11)22-10-7-17(2)8-10/h5-6,10,13,18H,4,7-8H2,1-3H3. The normalized spacial score (nSPS) is 16.8. The minimum atomic E-state index is -1.42. The van der Waals surface area contributed by atoms with Crippen LogP contribution in [0.2, 0.25) is 0 Å². The lowest BCUT2D eigenvalue weighted by Crippen LogP contribution is -2.51. The van der Waals surface area contributed by atoms with Crippen LogP contribution < -0.4 is 9.47 Å². The highest BCUT2D eigenvalue weighted by molar-refractivity contribution is 9.10. The Morgan fingerprint density at radius 2 is 2.18 bits per heavy atom. The molecule has 0 saturated carbocycles. The minimum absolute atomic E-state index is 0.00761. The summed E-state index contributed by atoms with van der Waals surface area (Å²) in [6, 6.07) is 3.38. The summed E-state index contributed by atoms with van der Waals surface area (Å²) in [6.45, 7) is 3.46. The van der Waals surface area contributed by atoms with Crippen LogP contribution in [0, 0.1) is 0 Å². The third-order valence-corrected chi connectivity index (χ3v) is 3.85. The highest BCUT2D eigenvalue weighted by Gasteiger charge is 2.31. The average Bonchev–Trinajstić information content (AvgIpc) is 2.46. The Morgan fingerprint density at radius 3 is 2.73 bits per heavy atom. The summed E-state index contributed by atoms with van der Waals surface area (Å²) >= 11 is 3.34. The van der Waals surface area contributed by atoms with E-state index in [1.54, 1.807) is 19.1 Å². The Morgan fingerprint density at radius 1 is 1.50 bits per heavy atom. The van der Waals surface area contributed by atoms with E-state index in [0.29, 0.717) is 21.5 Å².